The Kier molecular flexibility index (Phi) is 5.44. The summed E-state index contributed by atoms with van der Waals surface area (Å²) in [5.74, 6) is -0.673. The van der Waals surface area contributed by atoms with Crippen LogP contribution in [0.2, 0.25) is 5.02 Å². The second-order valence-electron chi connectivity index (χ2n) is 6.96. The van der Waals surface area contributed by atoms with Crippen LogP contribution in [0.3, 0.4) is 0 Å². The molecule has 0 spiro atoms. The van der Waals surface area contributed by atoms with Crippen molar-refractivity contribution >= 4 is 17.5 Å². The Morgan fingerprint density at radius 1 is 1.34 bits per heavy atom. The van der Waals surface area contributed by atoms with Gasteiger partial charge in [-0.2, -0.15) is 5.10 Å². The average molecular weight is 416 g/mol. The molecular formula is C20H19ClFN5O2. The lowest BCUT2D eigenvalue weighted by Gasteiger charge is -2.21. The van der Waals surface area contributed by atoms with Crippen molar-refractivity contribution < 1.29 is 9.18 Å². The molecule has 1 aliphatic heterocycles. The zero-order valence-corrected chi connectivity index (χ0v) is 16.3. The maximum Gasteiger partial charge on any atom is 0.346 e. The Hall–Kier alpha value is -3.00. The van der Waals surface area contributed by atoms with Crippen LogP contribution >= 0.6 is 11.6 Å². The first-order chi connectivity index (χ1) is 14.0. The van der Waals surface area contributed by atoms with Crippen LogP contribution in [0.25, 0.3) is 0 Å². The van der Waals surface area contributed by atoms with Crippen molar-refractivity contribution in [2.45, 2.75) is 38.4 Å². The van der Waals surface area contributed by atoms with Gasteiger partial charge >= 0.3 is 5.69 Å². The van der Waals surface area contributed by atoms with Crippen molar-refractivity contribution in [3.8, 4) is 0 Å². The van der Waals surface area contributed by atoms with Crippen molar-refractivity contribution in [1.29, 1.82) is 0 Å². The van der Waals surface area contributed by atoms with E-state index in [0.29, 0.717) is 37.3 Å². The van der Waals surface area contributed by atoms with Gasteiger partial charge in [-0.25, -0.2) is 13.9 Å². The first-order valence-electron chi connectivity index (χ1n) is 9.31. The minimum absolute atomic E-state index is 0.113. The second kappa shape index (κ2) is 8.16. The number of aromatic nitrogens is 4. The number of halogens is 2. The highest BCUT2D eigenvalue weighted by molar-refractivity contribution is 6.31. The molecule has 29 heavy (non-hydrogen) atoms. The first kappa shape index (κ1) is 19.3. The third-order valence-corrected chi connectivity index (χ3v) is 5.33. The summed E-state index contributed by atoms with van der Waals surface area (Å²) in [7, 11) is 0. The highest BCUT2D eigenvalue weighted by Gasteiger charge is 2.31. The Morgan fingerprint density at radius 2 is 2.21 bits per heavy atom. The summed E-state index contributed by atoms with van der Waals surface area (Å²) in [4.78, 5) is 29.5. The Labute approximate surface area is 171 Å². The molecular weight excluding hydrogens is 397 g/mol. The summed E-state index contributed by atoms with van der Waals surface area (Å²) >= 11 is 6.08. The lowest BCUT2D eigenvalue weighted by Crippen LogP contribution is -2.35. The largest absolute Gasteiger partial charge is 0.351 e. The molecule has 150 valence electrons. The lowest BCUT2D eigenvalue weighted by molar-refractivity contribution is -0.123. The highest BCUT2D eigenvalue weighted by Crippen LogP contribution is 2.25. The number of fused-ring (bicyclic) bond motifs is 1. The van der Waals surface area contributed by atoms with Gasteiger partial charge in [-0.1, -0.05) is 23.7 Å². The van der Waals surface area contributed by atoms with Crippen LogP contribution in [0.4, 0.5) is 4.39 Å². The van der Waals surface area contributed by atoms with E-state index in [1.54, 1.807) is 12.4 Å². The van der Waals surface area contributed by atoms with Crippen molar-refractivity contribution in [1.82, 2.24) is 24.6 Å². The summed E-state index contributed by atoms with van der Waals surface area (Å²) in [6.07, 6.45) is 4.69. The average Bonchev–Trinajstić information content (AvgIpc) is 3.05. The number of hydrogen-bond donors (Lipinski definition) is 1. The Balaban J connectivity index is 1.55. The van der Waals surface area contributed by atoms with E-state index < -0.39 is 11.7 Å². The molecule has 4 rings (SSSR count). The van der Waals surface area contributed by atoms with Crippen molar-refractivity contribution in [3.63, 3.8) is 0 Å². The molecule has 0 fully saturated rings. The summed E-state index contributed by atoms with van der Waals surface area (Å²) in [6, 6.07) is 7.71. The minimum Gasteiger partial charge on any atom is -0.351 e. The maximum absolute atomic E-state index is 13.3. The Bertz CT molecular complexity index is 1100. The summed E-state index contributed by atoms with van der Waals surface area (Å²) in [6.45, 7) is 0.985. The molecule has 7 nitrogen and oxygen atoms in total. The third-order valence-electron chi connectivity index (χ3n) is 4.98. The quantitative estimate of drug-likeness (QED) is 0.694. The normalized spacial score (nSPS) is 15.7. The van der Waals surface area contributed by atoms with E-state index in [0.717, 1.165) is 5.56 Å². The van der Waals surface area contributed by atoms with Gasteiger partial charge in [0.05, 0.1) is 12.5 Å². The van der Waals surface area contributed by atoms with Crippen molar-refractivity contribution in [2.75, 3.05) is 0 Å². The van der Waals surface area contributed by atoms with E-state index in [2.05, 4.69) is 15.4 Å². The molecule has 0 radical (unpaired) electrons. The standard InChI is InChI=1S/C20H19ClFN5O2/c21-17-9-15(22)6-5-14(17)12-27-20(29)26-8-2-4-16(18(26)25-27)19(28)24-11-13-3-1-7-23-10-13/h1,3,5-7,9-10,16H,2,4,8,11-12H2,(H,24,28). The molecule has 0 aliphatic carbocycles. The van der Waals surface area contributed by atoms with Crippen LogP contribution < -0.4 is 11.0 Å². The molecule has 1 unspecified atom stereocenters. The Morgan fingerprint density at radius 3 is 2.97 bits per heavy atom. The van der Waals surface area contributed by atoms with Gasteiger partial charge in [-0.15, -0.1) is 0 Å². The second-order valence-corrected chi connectivity index (χ2v) is 7.37. The van der Waals surface area contributed by atoms with Crippen LogP contribution in [-0.2, 0) is 24.4 Å². The van der Waals surface area contributed by atoms with Crippen LogP contribution in [-0.4, -0.2) is 25.2 Å². The molecule has 1 N–H and O–H groups in total. The van der Waals surface area contributed by atoms with Crippen LogP contribution in [0, 0.1) is 5.82 Å². The van der Waals surface area contributed by atoms with E-state index in [-0.39, 0.29) is 23.2 Å². The zero-order chi connectivity index (χ0) is 20.4. The number of nitrogens with one attached hydrogen (secondary N) is 1. The number of carbonyl (C=O) groups excluding carboxylic acids is 1. The van der Waals surface area contributed by atoms with Gasteiger partial charge in [0, 0.05) is 30.5 Å². The number of amides is 1. The van der Waals surface area contributed by atoms with Gasteiger partial charge in [-0.3, -0.25) is 14.3 Å². The SMILES string of the molecule is O=C(NCc1cccnc1)C1CCCn2c1nn(Cc1ccc(F)cc1Cl)c2=O. The molecule has 0 bridgehead atoms. The van der Waals surface area contributed by atoms with Crippen LogP contribution in [0.15, 0.2) is 47.5 Å². The fourth-order valence-electron chi connectivity index (χ4n) is 3.49. The summed E-state index contributed by atoms with van der Waals surface area (Å²) < 4.78 is 16.1. The molecule has 1 amide bonds. The zero-order valence-electron chi connectivity index (χ0n) is 15.5. The van der Waals surface area contributed by atoms with Gasteiger partial charge in [0.25, 0.3) is 0 Å². The molecule has 3 heterocycles. The van der Waals surface area contributed by atoms with Crippen LogP contribution in [0.5, 0.6) is 0 Å². The fraction of sp³-hybridized carbons (Fsp3) is 0.300. The topological polar surface area (TPSA) is 81.8 Å². The van der Waals surface area contributed by atoms with E-state index >= 15 is 0 Å². The number of carbonyl (C=O) groups is 1. The monoisotopic (exact) mass is 415 g/mol. The lowest BCUT2D eigenvalue weighted by atomic mass is 9.98. The minimum atomic E-state index is -0.502. The number of nitrogens with zero attached hydrogens (tertiary/aromatic N) is 4. The third kappa shape index (κ3) is 4.07. The smallest absolute Gasteiger partial charge is 0.346 e. The van der Waals surface area contributed by atoms with E-state index in [1.807, 2.05) is 12.1 Å². The van der Waals surface area contributed by atoms with Crippen LogP contribution in [0.1, 0.15) is 35.7 Å². The van der Waals surface area contributed by atoms with Gasteiger partial charge < -0.3 is 5.32 Å². The molecule has 1 aromatic carbocycles. The molecule has 0 saturated heterocycles. The van der Waals surface area contributed by atoms with Gasteiger partial charge in [0.2, 0.25) is 5.91 Å². The summed E-state index contributed by atoms with van der Waals surface area (Å²) in [5.41, 5.74) is 1.18. The summed E-state index contributed by atoms with van der Waals surface area (Å²) in [5, 5.41) is 7.54. The molecule has 1 atom stereocenters. The fourth-order valence-corrected chi connectivity index (χ4v) is 3.71. The predicted molar refractivity (Wildman–Crippen MR) is 105 cm³/mol. The van der Waals surface area contributed by atoms with Gasteiger partial charge in [-0.05, 0) is 42.2 Å². The number of hydrogen-bond acceptors (Lipinski definition) is 4. The number of pyridine rings is 1. The number of rotatable bonds is 5. The van der Waals surface area contributed by atoms with Gasteiger partial charge in [0.15, 0.2) is 0 Å². The maximum atomic E-state index is 13.3. The van der Waals surface area contributed by atoms with Crippen molar-refractivity contribution in [2.24, 2.45) is 0 Å². The molecule has 9 heteroatoms. The molecule has 1 aliphatic rings. The molecule has 2 aromatic heterocycles. The molecule has 0 saturated carbocycles. The number of benzene rings is 1. The highest BCUT2D eigenvalue weighted by atomic mass is 35.5. The van der Waals surface area contributed by atoms with Gasteiger partial charge in [0.1, 0.15) is 11.6 Å². The first-order valence-corrected chi connectivity index (χ1v) is 9.69. The molecule has 3 aromatic rings. The van der Waals surface area contributed by atoms with E-state index in [1.165, 1.54) is 27.4 Å². The van der Waals surface area contributed by atoms with E-state index in [4.69, 9.17) is 11.6 Å². The predicted octanol–water partition coefficient (Wildman–Crippen LogP) is 2.47. The van der Waals surface area contributed by atoms with E-state index in [9.17, 15) is 14.0 Å². The van der Waals surface area contributed by atoms with Crippen molar-refractivity contribution in [3.05, 3.63) is 81.0 Å².